The number of rotatable bonds is 4. The van der Waals surface area contributed by atoms with Gasteiger partial charge in [0, 0.05) is 24.9 Å². The van der Waals surface area contributed by atoms with Crippen molar-refractivity contribution in [1.82, 2.24) is 0 Å². The number of nitro groups is 1. The predicted octanol–water partition coefficient (Wildman–Crippen LogP) is 0.953. The topological polar surface area (TPSA) is 118 Å². The second-order valence-corrected chi connectivity index (χ2v) is 6.12. The zero-order valence-corrected chi connectivity index (χ0v) is 11.4. The normalized spacial score (nSPS) is 19.0. The molecule has 1 aliphatic rings. The number of anilines is 1. The molecule has 0 bridgehead atoms. The lowest BCUT2D eigenvalue weighted by atomic mass is 10.1. The van der Waals surface area contributed by atoms with Gasteiger partial charge in [-0.15, -0.1) is 3.89 Å². The quantitative estimate of drug-likeness (QED) is 0.502. The molecule has 8 nitrogen and oxygen atoms in total. The average Bonchev–Trinajstić information content (AvgIpc) is 2.68. The average molecular weight is 318 g/mol. The van der Waals surface area contributed by atoms with E-state index in [4.69, 9.17) is 0 Å². The lowest BCUT2D eigenvalue weighted by Crippen LogP contribution is -2.25. The molecule has 21 heavy (non-hydrogen) atoms. The smallest absolute Gasteiger partial charge is 0.312 e. The van der Waals surface area contributed by atoms with Crippen LogP contribution in [-0.2, 0) is 15.0 Å². The van der Waals surface area contributed by atoms with Crippen LogP contribution in [0.4, 0.5) is 15.3 Å². The molecule has 1 atom stereocenters. The fraction of sp³-hybridized carbons (Fsp3) is 0.364. The fourth-order valence-electron chi connectivity index (χ4n) is 2.25. The number of hydrogen-bond acceptors (Lipinski definition) is 6. The van der Waals surface area contributed by atoms with Crippen LogP contribution in [0.3, 0.4) is 0 Å². The Labute approximate surface area is 119 Å². The molecule has 114 valence electrons. The Morgan fingerprint density at radius 2 is 2.14 bits per heavy atom. The number of carbonyl (C=O) groups excluding carboxylic acids is 1. The highest BCUT2D eigenvalue weighted by atomic mass is 32.3. The van der Waals surface area contributed by atoms with Crippen molar-refractivity contribution in [1.29, 1.82) is 0 Å². The van der Waals surface area contributed by atoms with Gasteiger partial charge in [0.25, 0.3) is 0 Å². The Kier molecular flexibility index (Phi) is 3.81. The molecule has 1 unspecified atom stereocenters. The van der Waals surface area contributed by atoms with Crippen LogP contribution in [0, 0.1) is 16.0 Å². The highest BCUT2D eigenvalue weighted by molar-refractivity contribution is 7.86. The van der Waals surface area contributed by atoms with Crippen LogP contribution in [0.15, 0.2) is 18.2 Å². The Morgan fingerprint density at radius 3 is 2.71 bits per heavy atom. The Morgan fingerprint density at radius 1 is 1.48 bits per heavy atom. The standard InChI is InChI=1S/C11H11FN2O6S/c12-21(19,20)6-7-3-11(16)13(5-7)8-1-2-10(15)9(4-8)14(17)18/h1-2,4,7,15H,3,5-6H2. The van der Waals surface area contributed by atoms with Gasteiger partial charge in [0.1, 0.15) is 0 Å². The molecule has 2 rings (SSSR count). The summed E-state index contributed by atoms with van der Waals surface area (Å²) < 4.78 is 33.9. The molecule has 1 aromatic carbocycles. The van der Waals surface area contributed by atoms with E-state index in [2.05, 4.69) is 0 Å². The van der Waals surface area contributed by atoms with Gasteiger partial charge in [0.15, 0.2) is 5.75 Å². The van der Waals surface area contributed by atoms with Crippen molar-refractivity contribution < 1.29 is 27.1 Å². The highest BCUT2D eigenvalue weighted by Gasteiger charge is 2.34. The summed E-state index contributed by atoms with van der Waals surface area (Å²) in [6.07, 6.45) is -0.155. The number of hydrogen-bond donors (Lipinski definition) is 1. The number of nitrogens with zero attached hydrogens (tertiary/aromatic N) is 2. The van der Waals surface area contributed by atoms with Gasteiger partial charge < -0.3 is 10.0 Å². The summed E-state index contributed by atoms with van der Waals surface area (Å²) in [4.78, 5) is 22.9. The second kappa shape index (κ2) is 5.28. The van der Waals surface area contributed by atoms with E-state index < -0.39 is 44.2 Å². The zero-order valence-electron chi connectivity index (χ0n) is 10.6. The summed E-state index contributed by atoms with van der Waals surface area (Å²) in [5, 5.41) is 20.1. The van der Waals surface area contributed by atoms with Crippen molar-refractivity contribution in [2.24, 2.45) is 5.92 Å². The first-order valence-electron chi connectivity index (χ1n) is 5.87. The number of phenolic OH excluding ortho intramolecular Hbond substituents is 1. The monoisotopic (exact) mass is 318 g/mol. The highest BCUT2D eigenvalue weighted by Crippen LogP contribution is 2.33. The lowest BCUT2D eigenvalue weighted by molar-refractivity contribution is -0.385. The summed E-state index contributed by atoms with van der Waals surface area (Å²) in [5.74, 6) is -2.47. The van der Waals surface area contributed by atoms with Crippen molar-refractivity contribution in [3.05, 3.63) is 28.3 Å². The van der Waals surface area contributed by atoms with E-state index in [0.29, 0.717) is 0 Å². The molecule has 0 aromatic heterocycles. The number of nitro benzene ring substituents is 1. The maximum atomic E-state index is 12.6. The summed E-state index contributed by atoms with van der Waals surface area (Å²) in [6, 6.07) is 3.38. The number of carbonyl (C=O) groups is 1. The molecule has 0 radical (unpaired) electrons. The van der Waals surface area contributed by atoms with Crippen molar-refractivity contribution in [3.8, 4) is 5.75 Å². The third-order valence-corrected chi connectivity index (χ3v) is 3.98. The van der Waals surface area contributed by atoms with Crippen LogP contribution in [0.2, 0.25) is 0 Å². The third kappa shape index (κ3) is 3.45. The first-order chi connectivity index (χ1) is 9.67. The Balaban J connectivity index is 2.25. The molecular formula is C11H11FN2O6S. The number of aromatic hydroxyl groups is 1. The van der Waals surface area contributed by atoms with Gasteiger partial charge in [0.05, 0.1) is 16.4 Å². The van der Waals surface area contributed by atoms with Crippen LogP contribution in [-0.4, -0.2) is 36.7 Å². The second-order valence-electron chi connectivity index (χ2n) is 4.71. The van der Waals surface area contributed by atoms with Gasteiger partial charge in [0.2, 0.25) is 5.91 Å². The number of benzene rings is 1. The Hall–Kier alpha value is -2.23. The maximum absolute atomic E-state index is 12.6. The van der Waals surface area contributed by atoms with E-state index in [1.807, 2.05) is 0 Å². The molecule has 1 heterocycles. The summed E-state index contributed by atoms with van der Waals surface area (Å²) in [5.41, 5.74) is -0.412. The molecule has 1 saturated heterocycles. The molecule has 1 fully saturated rings. The number of halogens is 1. The Bertz CT molecular complexity index is 705. The minimum absolute atomic E-state index is 0.0517. The van der Waals surface area contributed by atoms with E-state index in [1.165, 1.54) is 6.07 Å². The minimum atomic E-state index is -4.69. The fourth-order valence-corrected chi connectivity index (χ4v) is 3.04. The van der Waals surface area contributed by atoms with Crippen LogP contribution in [0.5, 0.6) is 5.75 Å². The molecule has 1 aromatic rings. The van der Waals surface area contributed by atoms with E-state index in [9.17, 15) is 32.3 Å². The zero-order chi connectivity index (χ0) is 15.8. The molecule has 0 aliphatic carbocycles. The van der Waals surface area contributed by atoms with E-state index >= 15 is 0 Å². The van der Waals surface area contributed by atoms with Crippen molar-refractivity contribution in [2.45, 2.75) is 6.42 Å². The summed E-state index contributed by atoms with van der Waals surface area (Å²) in [6.45, 7) is -0.0517. The van der Waals surface area contributed by atoms with Crippen LogP contribution in [0.25, 0.3) is 0 Å². The maximum Gasteiger partial charge on any atom is 0.312 e. The third-order valence-electron chi connectivity index (χ3n) is 3.11. The van der Waals surface area contributed by atoms with Crippen LogP contribution >= 0.6 is 0 Å². The lowest BCUT2D eigenvalue weighted by Gasteiger charge is -2.16. The van der Waals surface area contributed by atoms with Gasteiger partial charge in [-0.1, -0.05) is 0 Å². The summed E-state index contributed by atoms with van der Waals surface area (Å²) >= 11 is 0. The number of amides is 1. The van der Waals surface area contributed by atoms with Gasteiger partial charge in [-0.25, -0.2) is 0 Å². The van der Waals surface area contributed by atoms with E-state index in [-0.39, 0.29) is 18.7 Å². The molecule has 0 saturated carbocycles. The van der Waals surface area contributed by atoms with Crippen LogP contribution in [0.1, 0.15) is 6.42 Å². The van der Waals surface area contributed by atoms with Gasteiger partial charge in [-0.2, -0.15) is 8.42 Å². The van der Waals surface area contributed by atoms with Gasteiger partial charge >= 0.3 is 15.9 Å². The largest absolute Gasteiger partial charge is 0.502 e. The first kappa shape index (κ1) is 15.2. The van der Waals surface area contributed by atoms with Crippen LogP contribution < -0.4 is 4.90 Å². The van der Waals surface area contributed by atoms with Crippen molar-refractivity contribution in [3.63, 3.8) is 0 Å². The van der Waals surface area contributed by atoms with Crippen molar-refractivity contribution >= 4 is 27.5 Å². The van der Waals surface area contributed by atoms with E-state index in [0.717, 1.165) is 17.0 Å². The molecule has 1 amide bonds. The predicted molar refractivity (Wildman–Crippen MR) is 70.1 cm³/mol. The molecule has 0 spiro atoms. The molecular weight excluding hydrogens is 307 g/mol. The molecule has 1 N–H and O–H groups in total. The van der Waals surface area contributed by atoms with Crippen molar-refractivity contribution in [2.75, 3.05) is 17.2 Å². The van der Waals surface area contributed by atoms with Gasteiger partial charge in [-0.3, -0.25) is 14.9 Å². The van der Waals surface area contributed by atoms with Gasteiger partial charge in [-0.05, 0) is 12.1 Å². The minimum Gasteiger partial charge on any atom is -0.502 e. The number of phenols is 1. The molecule has 10 heteroatoms. The summed E-state index contributed by atoms with van der Waals surface area (Å²) in [7, 11) is -4.69. The molecule has 1 aliphatic heterocycles. The SMILES string of the molecule is O=C1CC(CS(=O)(=O)F)CN1c1ccc(O)c([N+](=O)[O-])c1. The first-order valence-corrected chi connectivity index (χ1v) is 7.43. The van der Waals surface area contributed by atoms with E-state index in [1.54, 1.807) is 0 Å².